The Kier molecular flexibility index (Phi) is 4.43. The Morgan fingerprint density at radius 1 is 1.59 bits per heavy atom. The monoisotopic (exact) mass is 235 g/mol. The standard InChI is InChI=1S/C11H13N3O3/c1-2-13(5-6-15)10-4-3-9(8-12)7-11(10)14(16)17/h3-4,7,15H,2,5-6H2,1H3. The minimum atomic E-state index is -0.518. The zero-order chi connectivity index (χ0) is 12.8. The van der Waals surface area contributed by atoms with E-state index in [0.29, 0.717) is 18.8 Å². The van der Waals surface area contributed by atoms with Crippen LogP contribution in [0.15, 0.2) is 18.2 Å². The number of aliphatic hydroxyl groups excluding tert-OH is 1. The molecule has 0 unspecified atom stereocenters. The van der Waals surface area contributed by atoms with Crippen LogP contribution in [-0.4, -0.2) is 29.7 Å². The molecule has 0 atom stereocenters. The van der Waals surface area contributed by atoms with E-state index in [0.717, 1.165) is 0 Å². The fraction of sp³-hybridized carbons (Fsp3) is 0.364. The van der Waals surface area contributed by atoms with Crippen molar-refractivity contribution in [3.63, 3.8) is 0 Å². The lowest BCUT2D eigenvalue weighted by atomic mass is 10.1. The summed E-state index contributed by atoms with van der Waals surface area (Å²) in [5, 5.41) is 28.5. The molecule has 90 valence electrons. The number of hydrogen-bond donors (Lipinski definition) is 1. The van der Waals surface area contributed by atoms with E-state index in [1.54, 1.807) is 4.90 Å². The van der Waals surface area contributed by atoms with Crippen LogP contribution in [0.2, 0.25) is 0 Å². The average Bonchev–Trinajstić information content (AvgIpc) is 2.35. The van der Waals surface area contributed by atoms with Crippen molar-refractivity contribution in [2.24, 2.45) is 0 Å². The second kappa shape index (κ2) is 5.82. The largest absolute Gasteiger partial charge is 0.395 e. The molecule has 6 nitrogen and oxygen atoms in total. The summed E-state index contributed by atoms with van der Waals surface area (Å²) in [6.45, 7) is 2.64. The highest BCUT2D eigenvalue weighted by Gasteiger charge is 2.18. The predicted octanol–water partition coefficient (Wildman–Crippen LogP) is 1.29. The Morgan fingerprint density at radius 3 is 2.76 bits per heavy atom. The molecule has 0 aliphatic carbocycles. The molecule has 0 aliphatic rings. The lowest BCUT2D eigenvalue weighted by molar-refractivity contribution is -0.384. The van der Waals surface area contributed by atoms with Crippen molar-refractivity contribution in [3.8, 4) is 6.07 Å². The Labute approximate surface area is 98.9 Å². The van der Waals surface area contributed by atoms with Gasteiger partial charge in [-0.1, -0.05) is 0 Å². The van der Waals surface area contributed by atoms with Gasteiger partial charge in [0.1, 0.15) is 5.69 Å². The van der Waals surface area contributed by atoms with Gasteiger partial charge in [0.25, 0.3) is 5.69 Å². The fourth-order valence-corrected chi connectivity index (χ4v) is 1.58. The maximum absolute atomic E-state index is 10.9. The van der Waals surface area contributed by atoms with Gasteiger partial charge in [-0.25, -0.2) is 0 Å². The molecule has 0 heterocycles. The zero-order valence-electron chi connectivity index (χ0n) is 9.46. The Hall–Kier alpha value is -2.13. The summed E-state index contributed by atoms with van der Waals surface area (Å²) in [5.74, 6) is 0. The highest BCUT2D eigenvalue weighted by molar-refractivity contribution is 5.65. The highest BCUT2D eigenvalue weighted by atomic mass is 16.6. The van der Waals surface area contributed by atoms with Gasteiger partial charge in [0.15, 0.2) is 0 Å². The third-order valence-electron chi connectivity index (χ3n) is 2.39. The second-order valence-electron chi connectivity index (χ2n) is 3.38. The van der Waals surface area contributed by atoms with Crippen molar-refractivity contribution in [1.82, 2.24) is 0 Å². The normalized spacial score (nSPS) is 9.71. The van der Waals surface area contributed by atoms with Crippen molar-refractivity contribution < 1.29 is 10.0 Å². The predicted molar refractivity (Wildman–Crippen MR) is 62.8 cm³/mol. The first kappa shape index (κ1) is 12.9. The van der Waals surface area contributed by atoms with E-state index in [1.807, 2.05) is 13.0 Å². The van der Waals surface area contributed by atoms with Gasteiger partial charge in [0.05, 0.1) is 23.2 Å². The lowest BCUT2D eigenvalue weighted by Gasteiger charge is -2.21. The Bertz CT molecular complexity index is 454. The van der Waals surface area contributed by atoms with Crippen LogP contribution in [0.1, 0.15) is 12.5 Å². The van der Waals surface area contributed by atoms with Crippen LogP contribution in [-0.2, 0) is 0 Å². The van der Waals surface area contributed by atoms with Crippen LogP contribution in [0.3, 0.4) is 0 Å². The molecular formula is C11H13N3O3. The summed E-state index contributed by atoms with van der Waals surface area (Å²) < 4.78 is 0. The third kappa shape index (κ3) is 2.92. The van der Waals surface area contributed by atoms with Gasteiger partial charge >= 0.3 is 0 Å². The molecule has 0 saturated heterocycles. The molecule has 0 bridgehead atoms. The van der Waals surface area contributed by atoms with Crippen molar-refractivity contribution in [2.75, 3.05) is 24.6 Å². The third-order valence-corrected chi connectivity index (χ3v) is 2.39. The molecule has 6 heteroatoms. The molecular weight excluding hydrogens is 222 g/mol. The van der Waals surface area contributed by atoms with Crippen molar-refractivity contribution in [3.05, 3.63) is 33.9 Å². The zero-order valence-corrected chi connectivity index (χ0v) is 9.46. The van der Waals surface area contributed by atoms with Gasteiger partial charge in [-0.3, -0.25) is 10.1 Å². The molecule has 1 rings (SSSR count). The molecule has 0 spiro atoms. The molecule has 1 aromatic rings. The van der Waals surface area contributed by atoms with E-state index in [9.17, 15) is 10.1 Å². The minimum absolute atomic E-state index is 0.0784. The van der Waals surface area contributed by atoms with E-state index in [2.05, 4.69) is 0 Å². The van der Waals surface area contributed by atoms with Crippen LogP contribution in [0.5, 0.6) is 0 Å². The highest BCUT2D eigenvalue weighted by Crippen LogP contribution is 2.28. The summed E-state index contributed by atoms with van der Waals surface area (Å²) in [4.78, 5) is 12.1. The van der Waals surface area contributed by atoms with Crippen LogP contribution in [0, 0.1) is 21.4 Å². The first-order valence-electron chi connectivity index (χ1n) is 5.18. The minimum Gasteiger partial charge on any atom is -0.395 e. The summed E-state index contributed by atoms with van der Waals surface area (Å²) in [6.07, 6.45) is 0. The van der Waals surface area contributed by atoms with Crippen molar-refractivity contribution in [2.45, 2.75) is 6.92 Å². The molecule has 1 aromatic carbocycles. The Morgan fingerprint density at radius 2 is 2.29 bits per heavy atom. The molecule has 0 saturated carbocycles. The lowest BCUT2D eigenvalue weighted by Crippen LogP contribution is -2.26. The van der Waals surface area contributed by atoms with Crippen molar-refractivity contribution >= 4 is 11.4 Å². The van der Waals surface area contributed by atoms with Gasteiger partial charge in [-0.2, -0.15) is 5.26 Å². The number of likely N-dealkylation sites (N-methyl/N-ethyl adjacent to an activating group) is 1. The van der Waals surface area contributed by atoms with Crippen molar-refractivity contribution in [1.29, 1.82) is 5.26 Å². The molecule has 0 aromatic heterocycles. The van der Waals surface area contributed by atoms with Crippen LogP contribution >= 0.6 is 0 Å². The quantitative estimate of drug-likeness (QED) is 0.613. The summed E-state index contributed by atoms with van der Waals surface area (Å²) in [7, 11) is 0. The van der Waals surface area contributed by atoms with E-state index in [-0.39, 0.29) is 17.9 Å². The topological polar surface area (TPSA) is 90.4 Å². The SMILES string of the molecule is CCN(CCO)c1ccc(C#N)cc1[N+](=O)[O-]. The number of nitrogens with zero attached hydrogens (tertiary/aromatic N) is 3. The maximum atomic E-state index is 10.9. The van der Waals surface area contributed by atoms with Gasteiger partial charge < -0.3 is 10.0 Å². The van der Waals surface area contributed by atoms with Gasteiger partial charge in [0.2, 0.25) is 0 Å². The van der Waals surface area contributed by atoms with E-state index in [1.165, 1.54) is 18.2 Å². The molecule has 1 N–H and O–H groups in total. The first-order valence-corrected chi connectivity index (χ1v) is 5.18. The molecule has 0 amide bonds. The number of nitro benzene ring substituents is 1. The van der Waals surface area contributed by atoms with Gasteiger partial charge in [0, 0.05) is 19.2 Å². The number of hydrogen-bond acceptors (Lipinski definition) is 5. The number of anilines is 1. The molecule has 17 heavy (non-hydrogen) atoms. The first-order chi connectivity index (χ1) is 8.13. The molecule has 0 radical (unpaired) electrons. The van der Waals surface area contributed by atoms with Crippen LogP contribution in [0.25, 0.3) is 0 Å². The van der Waals surface area contributed by atoms with Crippen LogP contribution in [0.4, 0.5) is 11.4 Å². The summed E-state index contributed by atoms with van der Waals surface area (Å²) in [5.41, 5.74) is 0.561. The van der Waals surface area contributed by atoms with E-state index < -0.39 is 4.92 Å². The number of aliphatic hydroxyl groups is 1. The van der Waals surface area contributed by atoms with Gasteiger partial charge in [-0.05, 0) is 19.1 Å². The summed E-state index contributed by atoms with van der Waals surface area (Å²) in [6, 6.07) is 6.18. The van der Waals surface area contributed by atoms with Crippen LogP contribution < -0.4 is 4.90 Å². The second-order valence-corrected chi connectivity index (χ2v) is 3.38. The smallest absolute Gasteiger partial charge is 0.293 e. The Balaban J connectivity index is 3.22. The number of rotatable bonds is 5. The fourth-order valence-electron chi connectivity index (χ4n) is 1.58. The van der Waals surface area contributed by atoms with Gasteiger partial charge in [-0.15, -0.1) is 0 Å². The molecule has 0 fully saturated rings. The summed E-state index contributed by atoms with van der Waals surface area (Å²) >= 11 is 0. The van der Waals surface area contributed by atoms with E-state index >= 15 is 0 Å². The van der Waals surface area contributed by atoms with E-state index in [4.69, 9.17) is 10.4 Å². The number of benzene rings is 1. The maximum Gasteiger partial charge on any atom is 0.293 e. The average molecular weight is 235 g/mol. The number of nitro groups is 1. The molecule has 0 aliphatic heterocycles. The number of nitriles is 1.